The minimum atomic E-state index is -0.221. The Kier molecular flexibility index (Phi) is 3.50. The summed E-state index contributed by atoms with van der Waals surface area (Å²) in [5, 5.41) is 9.67. The van der Waals surface area contributed by atoms with Gasteiger partial charge >= 0.3 is 0 Å². The number of aromatic hydroxyl groups is 1. The third-order valence-electron chi connectivity index (χ3n) is 4.16. The third kappa shape index (κ3) is 2.57. The van der Waals surface area contributed by atoms with Crippen molar-refractivity contribution in [3.63, 3.8) is 0 Å². The van der Waals surface area contributed by atoms with Crippen LogP contribution >= 0.6 is 0 Å². The first kappa shape index (κ1) is 14.2. The van der Waals surface area contributed by atoms with Crippen LogP contribution in [0.15, 0.2) is 36.4 Å². The summed E-state index contributed by atoms with van der Waals surface area (Å²) in [6, 6.07) is 11.0. The van der Waals surface area contributed by atoms with Crippen LogP contribution in [-0.2, 0) is 11.2 Å². The van der Waals surface area contributed by atoms with Gasteiger partial charge in [-0.2, -0.15) is 0 Å². The maximum absolute atomic E-state index is 9.67. The van der Waals surface area contributed by atoms with Crippen LogP contribution in [0, 0.1) is 0 Å². The van der Waals surface area contributed by atoms with Gasteiger partial charge in [-0.3, -0.25) is 0 Å². The summed E-state index contributed by atoms with van der Waals surface area (Å²) in [4.78, 5) is 0. The van der Waals surface area contributed by atoms with Crippen molar-refractivity contribution in [2.24, 2.45) is 0 Å². The minimum Gasteiger partial charge on any atom is -0.508 e. The van der Waals surface area contributed by atoms with E-state index in [2.05, 4.69) is 0 Å². The largest absolute Gasteiger partial charge is 0.508 e. The van der Waals surface area contributed by atoms with Crippen LogP contribution in [0.3, 0.4) is 0 Å². The van der Waals surface area contributed by atoms with Crippen LogP contribution in [0.1, 0.15) is 24.2 Å². The fourth-order valence-electron chi connectivity index (χ4n) is 3.11. The van der Waals surface area contributed by atoms with Gasteiger partial charge in [-0.25, -0.2) is 0 Å². The maximum Gasteiger partial charge on any atom is 0.231 e. The molecule has 0 fully saturated rings. The van der Waals surface area contributed by atoms with E-state index in [0.717, 1.165) is 28.4 Å². The quantitative estimate of drug-likeness (QED) is 0.943. The van der Waals surface area contributed by atoms with E-state index in [4.69, 9.17) is 18.9 Å². The van der Waals surface area contributed by atoms with Gasteiger partial charge in [-0.15, -0.1) is 0 Å². The number of fused-ring (bicyclic) bond motifs is 2. The van der Waals surface area contributed by atoms with Gasteiger partial charge in [-0.1, -0.05) is 6.07 Å². The molecular formula is C18H18O5. The molecule has 0 radical (unpaired) electrons. The average molecular weight is 314 g/mol. The summed E-state index contributed by atoms with van der Waals surface area (Å²) >= 11 is 0. The Morgan fingerprint density at radius 3 is 2.78 bits per heavy atom. The molecule has 2 aliphatic heterocycles. The molecule has 1 N–H and O–H groups in total. The van der Waals surface area contributed by atoms with Crippen LogP contribution < -0.4 is 14.2 Å². The van der Waals surface area contributed by atoms with Gasteiger partial charge in [-0.05, 0) is 42.8 Å². The smallest absolute Gasteiger partial charge is 0.231 e. The molecule has 0 spiro atoms. The fraction of sp³-hybridized carbons (Fsp3) is 0.333. The predicted octanol–water partition coefficient (Wildman–Crippen LogP) is 3.20. The summed E-state index contributed by atoms with van der Waals surface area (Å²) in [5.41, 5.74) is 1.95. The zero-order chi connectivity index (χ0) is 15.8. The molecule has 0 saturated carbocycles. The molecule has 0 saturated heterocycles. The molecule has 2 aromatic rings. The first-order valence-corrected chi connectivity index (χ1v) is 7.74. The second kappa shape index (κ2) is 5.66. The van der Waals surface area contributed by atoms with E-state index in [1.165, 1.54) is 0 Å². The molecule has 2 unspecified atom stereocenters. The summed E-state index contributed by atoms with van der Waals surface area (Å²) < 4.78 is 22.9. The van der Waals surface area contributed by atoms with Crippen molar-refractivity contribution in [2.75, 3.05) is 13.4 Å². The summed E-state index contributed by atoms with van der Waals surface area (Å²) in [6.07, 6.45) is 0.354. The van der Waals surface area contributed by atoms with Gasteiger partial charge in [0.2, 0.25) is 6.79 Å². The van der Waals surface area contributed by atoms with Gasteiger partial charge in [0.05, 0.1) is 0 Å². The number of benzene rings is 2. The van der Waals surface area contributed by atoms with Crippen LogP contribution in [0.5, 0.6) is 23.0 Å². The lowest BCUT2D eigenvalue weighted by Crippen LogP contribution is -2.33. The van der Waals surface area contributed by atoms with E-state index in [0.29, 0.717) is 13.0 Å². The van der Waals surface area contributed by atoms with Crippen LogP contribution in [0.4, 0.5) is 0 Å². The summed E-state index contributed by atoms with van der Waals surface area (Å²) in [7, 11) is 0. The monoisotopic (exact) mass is 314 g/mol. The van der Waals surface area contributed by atoms with Crippen molar-refractivity contribution in [1.82, 2.24) is 0 Å². The predicted molar refractivity (Wildman–Crippen MR) is 83.2 cm³/mol. The normalized spacial score (nSPS) is 21.6. The molecule has 2 aromatic carbocycles. The molecule has 4 rings (SSSR count). The molecule has 0 aliphatic carbocycles. The second-order valence-electron chi connectivity index (χ2n) is 5.64. The van der Waals surface area contributed by atoms with Crippen molar-refractivity contribution in [1.29, 1.82) is 0 Å². The lowest BCUT2D eigenvalue weighted by Gasteiger charge is -2.33. The van der Waals surface area contributed by atoms with Gasteiger partial charge in [0.1, 0.15) is 17.6 Å². The molecule has 23 heavy (non-hydrogen) atoms. The van der Waals surface area contributed by atoms with E-state index in [9.17, 15) is 5.11 Å². The SMILES string of the molecule is CCOC1Cc2cc(O)ccc2OC1c1ccc2c(c1)OCO2. The lowest BCUT2D eigenvalue weighted by molar-refractivity contribution is -0.0326. The highest BCUT2D eigenvalue weighted by Crippen LogP contribution is 2.41. The van der Waals surface area contributed by atoms with Gasteiger partial charge in [0, 0.05) is 18.6 Å². The Labute approximate surface area is 134 Å². The van der Waals surface area contributed by atoms with E-state index >= 15 is 0 Å². The molecule has 2 aliphatic rings. The van der Waals surface area contributed by atoms with Gasteiger partial charge < -0.3 is 24.1 Å². The molecule has 0 amide bonds. The molecule has 2 atom stereocenters. The van der Waals surface area contributed by atoms with E-state index < -0.39 is 0 Å². The van der Waals surface area contributed by atoms with Gasteiger partial charge in [0.25, 0.3) is 0 Å². The molecular weight excluding hydrogens is 296 g/mol. The highest BCUT2D eigenvalue weighted by atomic mass is 16.7. The first-order chi connectivity index (χ1) is 11.2. The van der Waals surface area contributed by atoms with Crippen molar-refractivity contribution in [3.8, 4) is 23.0 Å². The average Bonchev–Trinajstić information content (AvgIpc) is 3.02. The number of hydrogen-bond acceptors (Lipinski definition) is 5. The second-order valence-corrected chi connectivity index (χ2v) is 5.64. The topological polar surface area (TPSA) is 57.2 Å². The molecule has 120 valence electrons. The number of phenolic OH excluding ortho intramolecular Hbond substituents is 1. The highest BCUT2D eigenvalue weighted by molar-refractivity contribution is 5.47. The maximum atomic E-state index is 9.67. The van der Waals surface area contributed by atoms with Crippen LogP contribution in [-0.4, -0.2) is 24.6 Å². The van der Waals surface area contributed by atoms with Crippen molar-refractivity contribution in [3.05, 3.63) is 47.5 Å². The number of ether oxygens (including phenoxy) is 4. The zero-order valence-electron chi connectivity index (χ0n) is 12.8. The number of phenols is 1. The molecule has 2 heterocycles. The molecule has 5 nitrogen and oxygen atoms in total. The summed E-state index contributed by atoms with van der Waals surface area (Å²) in [6.45, 7) is 2.82. The van der Waals surface area contributed by atoms with E-state index in [1.807, 2.05) is 25.1 Å². The Bertz CT molecular complexity index is 727. The van der Waals surface area contributed by atoms with Crippen LogP contribution in [0.2, 0.25) is 0 Å². The first-order valence-electron chi connectivity index (χ1n) is 7.74. The molecule has 0 aromatic heterocycles. The van der Waals surface area contributed by atoms with E-state index in [1.54, 1.807) is 18.2 Å². The minimum absolute atomic E-state index is 0.116. The summed E-state index contributed by atoms with van der Waals surface area (Å²) in [5.74, 6) is 2.51. The fourth-order valence-corrected chi connectivity index (χ4v) is 3.11. The van der Waals surface area contributed by atoms with Crippen molar-refractivity contribution >= 4 is 0 Å². The Morgan fingerprint density at radius 1 is 1.09 bits per heavy atom. The number of rotatable bonds is 3. The molecule has 5 heteroatoms. The van der Waals surface area contributed by atoms with Crippen molar-refractivity contribution in [2.45, 2.75) is 25.6 Å². The standard InChI is InChI=1S/C18H18O5/c1-2-20-17-9-12-7-13(19)4-6-14(12)23-18(17)11-3-5-15-16(8-11)22-10-21-15/h3-8,17-19H,2,9-10H2,1H3. The molecule has 0 bridgehead atoms. The van der Waals surface area contributed by atoms with Gasteiger partial charge in [0.15, 0.2) is 17.6 Å². The van der Waals surface area contributed by atoms with E-state index in [-0.39, 0.29) is 24.8 Å². The third-order valence-corrected chi connectivity index (χ3v) is 4.16. The Morgan fingerprint density at radius 2 is 1.91 bits per heavy atom. The lowest BCUT2D eigenvalue weighted by atomic mass is 9.94. The Hall–Kier alpha value is -2.40. The zero-order valence-corrected chi connectivity index (χ0v) is 12.8. The van der Waals surface area contributed by atoms with Crippen LogP contribution in [0.25, 0.3) is 0 Å². The number of hydrogen-bond donors (Lipinski definition) is 1. The Balaban J connectivity index is 1.69. The highest BCUT2D eigenvalue weighted by Gasteiger charge is 2.33. The van der Waals surface area contributed by atoms with Crippen molar-refractivity contribution < 1.29 is 24.1 Å².